The standard InChI is InChI=1S/C23H24N2O3/c1-3-17(18-9-5-4-6-10-18)15-24-22(26)16(2)28-23(27)21-14-13-19-11-7-8-12-20(19)25-21/h4-14,16-17H,3,15H2,1-2H3,(H,24,26)/t16-,17+/m1/s1. The third-order valence-electron chi connectivity index (χ3n) is 4.75. The maximum Gasteiger partial charge on any atom is 0.357 e. The van der Waals surface area contributed by atoms with Crippen molar-refractivity contribution in [3.63, 3.8) is 0 Å². The summed E-state index contributed by atoms with van der Waals surface area (Å²) in [4.78, 5) is 29.0. The van der Waals surface area contributed by atoms with Gasteiger partial charge < -0.3 is 10.1 Å². The van der Waals surface area contributed by atoms with Crippen LogP contribution in [0.4, 0.5) is 0 Å². The molecule has 1 N–H and O–H groups in total. The van der Waals surface area contributed by atoms with Gasteiger partial charge >= 0.3 is 5.97 Å². The molecule has 0 radical (unpaired) electrons. The summed E-state index contributed by atoms with van der Waals surface area (Å²) >= 11 is 0. The van der Waals surface area contributed by atoms with Gasteiger partial charge in [0.2, 0.25) is 0 Å². The van der Waals surface area contributed by atoms with Crippen LogP contribution in [0.1, 0.15) is 42.2 Å². The van der Waals surface area contributed by atoms with Crippen LogP contribution in [0.3, 0.4) is 0 Å². The van der Waals surface area contributed by atoms with Crippen LogP contribution in [-0.2, 0) is 9.53 Å². The molecule has 5 heteroatoms. The van der Waals surface area contributed by atoms with E-state index in [1.54, 1.807) is 13.0 Å². The first kappa shape index (κ1) is 19.5. The van der Waals surface area contributed by atoms with Gasteiger partial charge in [-0.2, -0.15) is 0 Å². The van der Waals surface area contributed by atoms with Gasteiger partial charge in [-0.3, -0.25) is 4.79 Å². The molecule has 3 rings (SSSR count). The Hall–Kier alpha value is -3.21. The zero-order valence-corrected chi connectivity index (χ0v) is 16.1. The van der Waals surface area contributed by atoms with E-state index in [1.165, 1.54) is 5.56 Å². The maximum atomic E-state index is 12.4. The monoisotopic (exact) mass is 376 g/mol. The Morgan fingerprint density at radius 1 is 1.00 bits per heavy atom. The number of esters is 1. The predicted molar refractivity (Wildman–Crippen MR) is 109 cm³/mol. The Kier molecular flexibility index (Phi) is 6.37. The number of rotatable bonds is 7. The molecule has 0 fully saturated rings. The molecule has 0 aliphatic heterocycles. The number of amides is 1. The van der Waals surface area contributed by atoms with Crippen molar-refractivity contribution in [3.05, 3.63) is 78.0 Å². The maximum absolute atomic E-state index is 12.4. The number of ether oxygens (including phenoxy) is 1. The van der Waals surface area contributed by atoms with Crippen LogP contribution in [0.15, 0.2) is 66.7 Å². The van der Waals surface area contributed by atoms with Gasteiger partial charge in [-0.1, -0.05) is 61.5 Å². The van der Waals surface area contributed by atoms with E-state index < -0.39 is 12.1 Å². The lowest BCUT2D eigenvalue weighted by atomic mass is 9.96. The number of nitrogens with zero attached hydrogens (tertiary/aromatic N) is 1. The van der Waals surface area contributed by atoms with Crippen LogP contribution in [0, 0.1) is 0 Å². The molecule has 0 unspecified atom stereocenters. The molecular formula is C23H24N2O3. The van der Waals surface area contributed by atoms with Crippen molar-refractivity contribution in [2.75, 3.05) is 6.54 Å². The van der Waals surface area contributed by atoms with Crippen molar-refractivity contribution >= 4 is 22.8 Å². The molecule has 28 heavy (non-hydrogen) atoms. The lowest BCUT2D eigenvalue weighted by Crippen LogP contribution is -2.38. The summed E-state index contributed by atoms with van der Waals surface area (Å²) in [5.74, 6) is -0.706. The molecule has 0 aliphatic carbocycles. The van der Waals surface area contributed by atoms with Gasteiger partial charge in [-0.15, -0.1) is 0 Å². The lowest BCUT2D eigenvalue weighted by molar-refractivity contribution is -0.129. The second-order valence-corrected chi connectivity index (χ2v) is 6.70. The van der Waals surface area contributed by atoms with Gasteiger partial charge in [0.05, 0.1) is 5.52 Å². The van der Waals surface area contributed by atoms with E-state index in [4.69, 9.17) is 4.74 Å². The first-order chi connectivity index (χ1) is 13.6. The summed E-state index contributed by atoms with van der Waals surface area (Å²) in [5, 5.41) is 3.82. The number of fused-ring (bicyclic) bond motifs is 1. The van der Waals surface area contributed by atoms with Crippen LogP contribution in [-0.4, -0.2) is 29.5 Å². The summed E-state index contributed by atoms with van der Waals surface area (Å²) in [5.41, 5.74) is 2.08. The Morgan fingerprint density at radius 2 is 1.71 bits per heavy atom. The number of hydrogen-bond acceptors (Lipinski definition) is 4. The fourth-order valence-corrected chi connectivity index (χ4v) is 3.04. The molecule has 0 saturated carbocycles. The van der Waals surface area contributed by atoms with Gasteiger partial charge in [0, 0.05) is 17.8 Å². The van der Waals surface area contributed by atoms with E-state index in [9.17, 15) is 9.59 Å². The highest BCUT2D eigenvalue weighted by molar-refractivity contribution is 5.93. The van der Waals surface area contributed by atoms with E-state index in [0.29, 0.717) is 12.1 Å². The molecule has 3 aromatic rings. The average molecular weight is 376 g/mol. The minimum absolute atomic E-state index is 0.189. The second-order valence-electron chi connectivity index (χ2n) is 6.70. The van der Waals surface area contributed by atoms with Crippen LogP contribution in [0.25, 0.3) is 10.9 Å². The van der Waals surface area contributed by atoms with E-state index in [0.717, 1.165) is 11.8 Å². The quantitative estimate of drug-likeness (QED) is 0.631. The molecule has 2 atom stereocenters. The molecule has 0 bridgehead atoms. The Balaban J connectivity index is 1.57. The number of aromatic nitrogens is 1. The number of nitrogens with one attached hydrogen (secondary N) is 1. The van der Waals surface area contributed by atoms with Crippen molar-refractivity contribution < 1.29 is 14.3 Å². The van der Waals surface area contributed by atoms with Gasteiger partial charge in [-0.05, 0) is 31.0 Å². The fourth-order valence-electron chi connectivity index (χ4n) is 3.04. The molecule has 0 aliphatic rings. The van der Waals surface area contributed by atoms with Crippen molar-refractivity contribution in [1.29, 1.82) is 0 Å². The van der Waals surface area contributed by atoms with Gasteiger partial charge in [-0.25, -0.2) is 9.78 Å². The topological polar surface area (TPSA) is 68.3 Å². The van der Waals surface area contributed by atoms with Crippen molar-refractivity contribution in [3.8, 4) is 0 Å². The molecule has 0 saturated heterocycles. The molecule has 0 spiro atoms. The SMILES string of the molecule is CC[C@@H](CNC(=O)[C@@H](C)OC(=O)c1ccc2ccccc2n1)c1ccccc1. The van der Waals surface area contributed by atoms with E-state index in [1.807, 2.05) is 48.5 Å². The summed E-state index contributed by atoms with van der Waals surface area (Å²) in [6.07, 6.45) is 0.00786. The van der Waals surface area contributed by atoms with Crippen LogP contribution >= 0.6 is 0 Å². The highest BCUT2D eigenvalue weighted by atomic mass is 16.5. The Labute approximate surface area is 164 Å². The predicted octanol–water partition coefficient (Wildman–Crippen LogP) is 4.09. The highest BCUT2D eigenvalue weighted by Crippen LogP contribution is 2.18. The molecule has 1 aromatic heterocycles. The third-order valence-corrected chi connectivity index (χ3v) is 4.75. The Bertz CT molecular complexity index is 956. The molecule has 144 valence electrons. The van der Waals surface area contributed by atoms with Crippen molar-refractivity contribution in [2.45, 2.75) is 32.3 Å². The molecule has 5 nitrogen and oxygen atoms in total. The molecule has 2 aromatic carbocycles. The zero-order valence-electron chi connectivity index (χ0n) is 16.1. The largest absolute Gasteiger partial charge is 0.448 e. The number of para-hydroxylation sites is 1. The average Bonchev–Trinajstić information content (AvgIpc) is 2.74. The van der Waals surface area contributed by atoms with E-state index in [-0.39, 0.29) is 17.5 Å². The van der Waals surface area contributed by atoms with Crippen LogP contribution in [0.2, 0.25) is 0 Å². The van der Waals surface area contributed by atoms with Crippen molar-refractivity contribution in [1.82, 2.24) is 10.3 Å². The molecule has 1 amide bonds. The van der Waals surface area contributed by atoms with E-state index in [2.05, 4.69) is 29.4 Å². The van der Waals surface area contributed by atoms with E-state index >= 15 is 0 Å². The van der Waals surface area contributed by atoms with Crippen molar-refractivity contribution in [2.24, 2.45) is 0 Å². The second kappa shape index (κ2) is 9.13. The third kappa shape index (κ3) is 4.74. The minimum atomic E-state index is -0.894. The highest BCUT2D eigenvalue weighted by Gasteiger charge is 2.21. The van der Waals surface area contributed by atoms with Crippen LogP contribution in [0.5, 0.6) is 0 Å². The summed E-state index contributed by atoms with van der Waals surface area (Å²) < 4.78 is 5.31. The number of carbonyl (C=O) groups is 2. The zero-order chi connectivity index (χ0) is 19.9. The smallest absolute Gasteiger partial charge is 0.357 e. The summed E-state index contributed by atoms with van der Waals surface area (Å²) in [6, 6.07) is 21.0. The summed E-state index contributed by atoms with van der Waals surface area (Å²) in [6.45, 7) is 4.14. The number of benzene rings is 2. The number of hydrogen-bond donors (Lipinski definition) is 1. The first-order valence-corrected chi connectivity index (χ1v) is 9.48. The molecule has 1 heterocycles. The van der Waals surface area contributed by atoms with Gasteiger partial charge in [0.1, 0.15) is 5.69 Å². The number of pyridine rings is 1. The van der Waals surface area contributed by atoms with Gasteiger partial charge in [0.25, 0.3) is 5.91 Å². The first-order valence-electron chi connectivity index (χ1n) is 9.48. The van der Waals surface area contributed by atoms with Gasteiger partial charge in [0.15, 0.2) is 6.10 Å². The fraction of sp³-hybridized carbons (Fsp3) is 0.261. The lowest BCUT2D eigenvalue weighted by Gasteiger charge is -2.18. The number of carbonyl (C=O) groups excluding carboxylic acids is 2. The van der Waals surface area contributed by atoms with Crippen LogP contribution < -0.4 is 5.32 Å². The Morgan fingerprint density at radius 3 is 2.46 bits per heavy atom. The minimum Gasteiger partial charge on any atom is -0.448 e. The normalized spacial score (nSPS) is 12.9. The molecular weight excluding hydrogens is 352 g/mol. The summed E-state index contributed by atoms with van der Waals surface area (Å²) in [7, 11) is 0.